The summed E-state index contributed by atoms with van der Waals surface area (Å²) in [6.45, 7) is 0. The van der Waals surface area contributed by atoms with Crippen LogP contribution in [-0.4, -0.2) is 10.9 Å². The molecule has 0 bridgehead atoms. The molecule has 0 spiro atoms. The molecule has 26 heavy (non-hydrogen) atoms. The zero-order valence-corrected chi connectivity index (χ0v) is 16.7. The van der Waals surface area contributed by atoms with Crippen molar-refractivity contribution in [2.24, 2.45) is 0 Å². The van der Waals surface area contributed by atoms with Crippen LogP contribution in [0.5, 0.6) is 0 Å². The number of thiocarbonyl (C=S) groups is 1. The summed E-state index contributed by atoms with van der Waals surface area (Å²) in [5, 5.41) is 7.05. The average Bonchev–Trinajstić information content (AvgIpc) is 2.65. The van der Waals surface area contributed by atoms with E-state index in [0.717, 1.165) is 10.2 Å². The highest BCUT2D eigenvalue weighted by atomic mass is 79.9. The van der Waals surface area contributed by atoms with E-state index in [9.17, 15) is 4.79 Å². The Kier molecular flexibility index (Phi) is 6.04. The van der Waals surface area contributed by atoms with Crippen LogP contribution < -0.4 is 10.6 Å². The van der Waals surface area contributed by atoms with Crippen molar-refractivity contribution in [1.29, 1.82) is 0 Å². The molecule has 0 aromatic heterocycles. The number of benzene rings is 3. The standard InChI is InChI=1S/C20H14BrClN2OS/c21-14-6-9-16(10-7-14)23-20(26)24-18-11-8-15(22)12-17(18)19(25)13-4-2-1-3-5-13/h1-12H,(H2,23,24,26). The average molecular weight is 446 g/mol. The van der Waals surface area contributed by atoms with Gasteiger partial charge >= 0.3 is 0 Å². The van der Waals surface area contributed by atoms with Crippen molar-refractivity contribution in [3.8, 4) is 0 Å². The molecule has 130 valence electrons. The maximum atomic E-state index is 12.8. The molecule has 6 heteroatoms. The zero-order valence-electron chi connectivity index (χ0n) is 13.5. The fourth-order valence-corrected chi connectivity index (χ4v) is 3.04. The van der Waals surface area contributed by atoms with E-state index < -0.39 is 0 Å². The van der Waals surface area contributed by atoms with Gasteiger partial charge < -0.3 is 10.6 Å². The van der Waals surface area contributed by atoms with Crippen LogP contribution >= 0.6 is 39.7 Å². The highest BCUT2D eigenvalue weighted by molar-refractivity contribution is 9.10. The molecule has 0 unspecified atom stereocenters. The highest BCUT2D eigenvalue weighted by Crippen LogP contribution is 2.24. The third kappa shape index (κ3) is 4.69. The van der Waals surface area contributed by atoms with Gasteiger partial charge in [-0.1, -0.05) is 57.9 Å². The summed E-state index contributed by atoms with van der Waals surface area (Å²) in [5.41, 5.74) is 2.49. The SMILES string of the molecule is O=C(c1ccccc1)c1cc(Cl)ccc1NC(=S)Nc1ccc(Br)cc1. The first-order valence-corrected chi connectivity index (χ1v) is 9.34. The van der Waals surface area contributed by atoms with E-state index in [-0.39, 0.29) is 5.78 Å². The molecule has 0 heterocycles. The van der Waals surface area contributed by atoms with Crippen molar-refractivity contribution in [2.45, 2.75) is 0 Å². The van der Waals surface area contributed by atoms with Crippen molar-refractivity contribution < 1.29 is 4.79 Å². The van der Waals surface area contributed by atoms with E-state index in [0.29, 0.717) is 26.9 Å². The molecule has 0 amide bonds. The second kappa shape index (κ2) is 8.45. The molecule has 0 saturated heterocycles. The minimum Gasteiger partial charge on any atom is -0.332 e. The number of hydrogen-bond acceptors (Lipinski definition) is 2. The Morgan fingerprint density at radius 1 is 0.923 bits per heavy atom. The molecule has 3 aromatic carbocycles. The lowest BCUT2D eigenvalue weighted by Crippen LogP contribution is -2.20. The van der Waals surface area contributed by atoms with Gasteiger partial charge in [0.1, 0.15) is 0 Å². The molecule has 0 aliphatic rings. The van der Waals surface area contributed by atoms with Crippen LogP contribution in [0.3, 0.4) is 0 Å². The second-order valence-corrected chi connectivity index (χ2v) is 7.23. The summed E-state index contributed by atoms with van der Waals surface area (Å²) in [5.74, 6) is -0.123. The number of halogens is 2. The number of carbonyl (C=O) groups excluding carboxylic acids is 1. The van der Waals surface area contributed by atoms with E-state index >= 15 is 0 Å². The Morgan fingerprint density at radius 2 is 1.62 bits per heavy atom. The predicted octanol–water partition coefficient (Wildman–Crippen LogP) is 6.14. The van der Waals surface area contributed by atoms with Crippen LogP contribution in [0.2, 0.25) is 5.02 Å². The highest BCUT2D eigenvalue weighted by Gasteiger charge is 2.15. The lowest BCUT2D eigenvalue weighted by Gasteiger charge is -2.14. The topological polar surface area (TPSA) is 41.1 Å². The summed E-state index contributed by atoms with van der Waals surface area (Å²) in [6, 6.07) is 21.8. The molecule has 3 nitrogen and oxygen atoms in total. The molecular formula is C20H14BrClN2OS. The van der Waals surface area contributed by atoms with Crippen molar-refractivity contribution in [3.63, 3.8) is 0 Å². The second-order valence-electron chi connectivity index (χ2n) is 5.47. The van der Waals surface area contributed by atoms with E-state index in [1.165, 1.54) is 0 Å². The minimum atomic E-state index is -0.123. The maximum Gasteiger partial charge on any atom is 0.195 e. The summed E-state index contributed by atoms with van der Waals surface area (Å²) >= 11 is 14.9. The van der Waals surface area contributed by atoms with Crippen LogP contribution in [0.25, 0.3) is 0 Å². The van der Waals surface area contributed by atoms with Crippen LogP contribution in [-0.2, 0) is 0 Å². The normalized spacial score (nSPS) is 10.2. The zero-order chi connectivity index (χ0) is 18.5. The van der Waals surface area contributed by atoms with Gasteiger partial charge in [-0.25, -0.2) is 0 Å². The lowest BCUT2D eigenvalue weighted by atomic mass is 10.0. The van der Waals surface area contributed by atoms with Gasteiger partial charge in [0, 0.05) is 26.3 Å². The molecule has 0 fully saturated rings. The van der Waals surface area contributed by atoms with Crippen molar-refractivity contribution in [2.75, 3.05) is 10.6 Å². The van der Waals surface area contributed by atoms with E-state index in [1.54, 1.807) is 30.3 Å². The molecular weight excluding hydrogens is 432 g/mol. The van der Waals surface area contributed by atoms with Crippen LogP contribution in [0, 0.1) is 0 Å². The first-order valence-electron chi connectivity index (χ1n) is 7.76. The van der Waals surface area contributed by atoms with Crippen LogP contribution in [0.4, 0.5) is 11.4 Å². The number of anilines is 2. The molecule has 0 radical (unpaired) electrons. The van der Waals surface area contributed by atoms with E-state index in [4.69, 9.17) is 23.8 Å². The molecule has 0 aliphatic carbocycles. The summed E-state index contributed by atoms with van der Waals surface area (Å²) in [4.78, 5) is 12.8. The fourth-order valence-electron chi connectivity index (χ4n) is 2.38. The Balaban J connectivity index is 1.82. The lowest BCUT2D eigenvalue weighted by molar-refractivity contribution is 0.103. The van der Waals surface area contributed by atoms with E-state index in [1.807, 2.05) is 42.5 Å². The summed E-state index contributed by atoms with van der Waals surface area (Å²) < 4.78 is 0.982. The Labute approximate surface area is 170 Å². The smallest absolute Gasteiger partial charge is 0.195 e. The van der Waals surface area contributed by atoms with Gasteiger partial charge in [0.2, 0.25) is 0 Å². The first kappa shape index (κ1) is 18.6. The monoisotopic (exact) mass is 444 g/mol. The number of nitrogens with one attached hydrogen (secondary N) is 2. The Hall–Kier alpha value is -2.21. The molecule has 2 N–H and O–H groups in total. The van der Waals surface area contributed by atoms with Gasteiger partial charge in [0.15, 0.2) is 10.9 Å². The van der Waals surface area contributed by atoms with Gasteiger partial charge in [-0.15, -0.1) is 0 Å². The maximum absolute atomic E-state index is 12.8. The Morgan fingerprint density at radius 3 is 2.31 bits per heavy atom. The van der Waals surface area contributed by atoms with Crippen molar-refractivity contribution in [3.05, 3.63) is 93.4 Å². The first-order chi connectivity index (χ1) is 12.5. The van der Waals surface area contributed by atoms with E-state index in [2.05, 4.69) is 26.6 Å². The van der Waals surface area contributed by atoms with Crippen molar-refractivity contribution >= 4 is 62.0 Å². The van der Waals surface area contributed by atoms with Gasteiger partial charge in [-0.2, -0.15) is 0 Å². The molecule has 0 atom stereocenters. The molecule has 3 aromatic rings. The quantitative estimate of drug-likeness (QED) is 0.374. The molecule has 0 aliphatic heterocycles. The van der Waals surface area contributed by atoms with Crippen LogP contribution in [0.15, 0.2) is 77.3 Å². The minimum absolute atomic E-state index is 0.123. The largest absolute Gasteiger partial charge is 0.332 e. The van der Waals surface area contributed by atoms with Gasteiger partial charge in [0.25, 0.3) is 0 Å². The predicted molar refractivity (Wildman–Crippen MR) is 115 cm³/mol. The van der Waals surface area contributed by atoms with Gasteiger partial charge in [-0.3, -0.25) is 4.79 Å². The number of ketones is 1. The third-order valence-corrected chi connectivity index (χ3v) is 4.58. The third-order valence-electron chi connectivity index (χ3n) is 3.61. The van der Waals surface area contributed by atoms with Gasteiger partial charge in [-0.05, 0) is 54.7 Å². The fraction of sp³-hybridized carbons (Fsp3) is 0. The molecule has 0 saturated carbocycles. The van der Waals surface area contributed by atoms with Crippen molar-refractivity contribution in [1.82, 2.24) is 0 Å². The van der Waals surface area contributed by atoms with Crippen LogP contribution in [0.1, 0.15) is 15.9 Å². The summed E-state index contributed by atoms with van der Waals surface area (Å²) in [7, 11) is 0. The number of carbonyl (C=O) groups is 1. The molecule has 3 rings (SSSR count). The number of rotatable bonds is 4. The number of hydrogen-bond donors (Lipinski definition) is 2. The summed E-state index contributed by atoms with van der Waals surface area (Å²) in [6.07, 6.45) is 0. The Bertz CT molecular complexity index is 946. The van der Waals surface area contributed by atoms with Gasteiger partial charge in [0.05, 0.1) is 5.69 Å².